The minimum absolute atomic E-state index is 0.0412. The van der Waals surface area contributed by atoms with Gasteiger partial charge in [-0.1, -0.05) is 13.8 Å². The van der Waals surface area contributed by atoms with Crippen molar-refractivity contribution in [3.63, 3.8) is 0 Å². The second kappa shape index (κ2) is 4.75. The van der Waals surface area contributed by atoms with Gasteiger partial charge >= 0.3 is 0 Å². The van der Waals surface area contributed by atoms with Crippen LogP contribution in [0.1, 0.15) is 33.6 Å². The van der Waals surface area contributed by atoms with E-state index in [2.05, 4.69) is 24.2 Å². The number of hydrogen-bond acceptors (Lipinski definition) is 3. The fourth-order valence-electron chi connectivity index (χ4n) is 1.92. The van der Waals surface area contributed by atoms with E-state index in [-0.39, 0.29) is 17.9 Å². The van der Waals surface area contributed by atoms with E-state index >= 15 is 0 Å². The monoisotopic (exact) mass is 199 g/mol. The summed E-state index contributed by atoms with van der Waals surface area (Å²) in [6, 6.07) is 0.971. The van der Waals surface area contributed by atoms with E-state index in [1.165, 1.54) is 12.8 Å². The average Bonchev–Trinajstić information content (AvgIpc) is 3.00. The number of amides is 1. The number of hydrazine groups is 1. The van der Waals surface area contributed by atoms with E-state index in [0.717, 1.165) is 6.54 Å². The Morgan fingerprint density at radius 1 is 1.57 bits per heavy atom. The van der Waals surface area contributed by atoms with E-state index in [1.54, 1.807) is 0 Å². The van der Waals surface area contributed by atoms with Crippen molar-refractivity contribution in [2.75, 3.05) is 6.54 Å². The number of nitrogens with zero attached hydrogens (tertiary/aromatic N) is 1. The van der Waals surface area contributed by atoms with Crippen LogP contribution < -0.4 is 11.3 Å². The van der Waals surface area contributed by atoms with Crippen molar-refractivity contribution in [3.8, 4) is 0 Å². The first-order chi connectivity index (χ1) is 6.61. The Morgan fingerprint density at radius 3 is 2.50 bits per heavy atom. The molecule has 0 radical (unpaired) electrons. The van der Waals surface area contributed by atoms with Gasteiger partial charge in [0.05, 0.1) is 5.92 Å². The molecule has 0 spiro atoms. The summed E-state index contributed by atoms with van der Waals surface area (Å²) in [6.45, 7) is 7.18. The highest BCUT2D eigenvalue weighted by atomic mass is 16.2. The smallest absolute Gasteiger partial charge is 0.238 e. The zero-order valence-electron chi connectivity index (χ0n) is 9.29. The first-order valence-corrected chi connectivity index (χ1v) is 5.38. The Labute approximate surface area is 85.8 Å². The molecule has 0 aliphatic heterocycles. The van der Waals surface area contributed by atoms with Crippen molar-refractivity contribution in [2.24, 2.45) is 11.8 Å². The van der Waals surface area contributed by atoms with Crippen molar-refractivity contribution in [3.05, 3.63) is 0 Å². The second-order valence-electron chi connectivity index (χ2n) is 4.10. The number of nitrogens with one attached hydrogen (secondary N) is 1. The number of rotatable bonds is 5. The van der Waals surface area contributed by atoms with Crippen LogP contribution in [-0.2, 0) is 4.79 Å². The molecule has 3 N–H and O–H groups in total. The van der Waals surface area contributed by atoms with Gasteiger partial charge in [0.1, 0.15) is 0 Å². The lowest BCUT2D eigenvalue weighted by molar-refractivity contribution is -0.126. The highest BCUT2D eigenvalue weighted by Gasteiger charge is 2.34. The van der Waals surface area contributed by atoms with Gasteiger partial charge < -0.3 is 0 Å². The third-order valence-corrected chi connectivity index (χ3v) is 3.18. The van der Waals surface area contributed by atoms with E-state index < -0.39 is 0 Å². The van der Waals surface area contributed by atoms with Crippen LogP contribution in [0.2, 0.25) is 0 Å². The van der Waals surface area contributed by atoms with Crippen LogP contribution >= 0.6 is 0 Å². The van der Waals surface area contributed by atoms with Crippen LogP contribution in [0.5, 0.6) is 0 Å². The summed E-state index contributed by atoms with van der Waals surface area (Å²) in [6.07, 6.45) is 2.55. The molecule has 1 aliphatic carbocycles. The summed E-state index contributed by atoms with van der Waals surface area (Å²) in [7, 11) is 0. The molecular weight excluding hydrogens is 178 g/mol. The molecule has 1 amide bonds. The quantitative estimate of drug-likeness (QED) is 0.385. The minimum Gasteiger partial charge on any atom is -0.297 e. The Bertz CT molecular complexity index is 204. The number of hydrogen-bond donors (Lipinski definition) is 2. The molecule has 4 nitrogen and oxygen atoms in total. The minimum atomic E-state index is -0.0726. The van der Waals surface area contributed by atoms with Crippen LogP contribution in [0.4, 0.5) is 0 Å². The van der Waals surface area contributed by atoms with Gasteiger partial charge in [0.15, 0.2) is 0 Å². The number of nitrogens with two attached hydrogens (primary N) is 1. The largest absolute Gasteiger partial charge is 0.297 e. The van der Waals surface area contributed by atoms with E-state index in [1.807, 2.05) is 6.92 Å². The maximum atomic E-state index is 11.4. The fraction of sp³-hybridized carbons (Fsp3) is 0.900. The molecule has 0 heterocycles. The zero-order valence-corrected chi connectivity index (χ0v) is 9.29. The predicted octanol–water partition coefficient (Wildman–Crippen LogP) is 0.485. The van der Waals surface area contributed by atoms with Crippen molar-refractivity contribution in [2.45, 2.75) is 45.7 Å². The van der Waals surface area contributed by atoms with Crippen LogP contribution in [0.15, 0.2) is 0 Å². The van der Waals surface area contributed by atoms with Crippen LogP contribution in [0.3, 0.4) is 0 Å². The summed E-state index contributed by atoms with van der Waals surface area (Å²) < 4.78 is 0. The topological polar surface area (TPSA) is 58.4 Å². The standard InChI is InChI=1S/C10H21N3O/c1-4-13(9-5-6-9)8(3)7(2)10(14)12-11/h7-9H,4-6,11H2,1-3H3,(H,12,14). The van der Waals surface area contributed by atoms with E-state index in [9.17, 15) is 4.79 Å². The second-order valence-corrected chi connectivity index (χ2v) is 4.10. The summed E-state index contributed by atoms with van der Waals surface area (Å²) in [5.41, 5.74) is 2.22. The maximum absolute atomic E-state index is 11.4. The lowest BCUT2D eigenvalue weighted by Crippen LogP contribution is -2.46. The molecule has 14 heavy (non-hydrogen) atoms. The third kappa shape index (κ3) is 2.45. The molecule has 2 atom stereocenters. The molecular formula is C10H21N3O. The fourth-order valence-corrected chi connectivity index (χ4v) is 1.92. The predicted molar refractivity (Wildman–Crippen MR) is 56.4 cm³/mol. The van der Waals surface area contributed by atoms with Gasteiger partial charge in [-0.3, -0.25) is 15.1 Å². The molecule has 2 unspecified atom stereocenters. The SMILES string of the molecule is CCN(C1CC1)C(C)C(C)C(=O)NN. The summed E-state index contributed by atoms with van der Waals surface area (Å²) in [5.74, 6) is 5.01. The zero-order chi connectivity index (χ0) is 10.7. The summed E-state index contributed by atoms with van der Waals surface area (Å²) in [4.78, 5) is 13.7. The van der Waals surface area contributed by atoms with Gasteiger partial charge in [-0.15, -0.1) is 0 Å². The number of carbonyl (C=O) groups excluding carboxylic acids is 1. The van der Waals surface area contributed by atoms with Crippen molar-refractivity contribution < 1.29 is 4.79 Å². The highest BCUT2D eigenvalue weighted by Crippen LogP contribution is 2.30. The Morgan fingerprint density at radius 2 is 2.14 bits per heavy atom. The molecule has 4 heteroatoms. The molecule has 0 aromatic heterocycles. The van der Waals surface area contributed by atoms with Crippen molar-refractivity contribution >= 4 is 5.91 Å². The molecule has 0 aromatic carbocycles. The molecule has 1 saturated carbocycles. The Hall–Kier alpha value is -0.610. The average molecular weight is 199 g/mol. The Kier molecular flexibility index (Phi) is 3.89. The van der Waals surface area contributed by atoms with Crippen LogP contribution in [-0.4, -0.2) is 29.4 Å². The molecule has 1 aliphatic rings. The molecule has 0 saturated heterocycles. The molecule has 1 rings (SSSR count). The molecule has 1 fully saturated rings. The van der Waals surface area contributed by atoms with Gasteiger partial charge in [0.2, 0.25) is 5.91 Å². The lowest BCUT2D eigenvalue weighted by atomic mass is 10.0. The number of carbonyl (C=O) groups is 1. The van der Waals surface area contributed by atoms with Gasteiger partial charge in [-0.2, -0.15) is 0 Å². The van der Waals surface area contributed by atoms with Crippen LogP contribution in [0, 0.1) is 5.92 Å². The first-order valence-electron chi connectivity index (χ1n) is 5.38. The van der Waals surface area contributed by atoms with Gasteiger partial charge in [0, 0.05) is 12.1 Å². The highest BCUT2D eigenvalue weighted by molar-refractivity contribution is 5.78. The first kappa shape index (κ1) is 11.5. The van der Waals surface area contributed by atoms with Crippen molar-refractivity contribution in [1.29, 1.82) is 0 Å². The molecule has 0 aromatic rings. The Balaban J connectivity index is 2.52. The third-order valence-electron chi connectivity index (χ3n) is 3.18. The van der Waals surface area contributed by atoms with Gasteiger partial charge in [-0.05, 0) is 26.3 Å². The molecule has 82 valence electrons. The lowest BCUT2D eigenvalue weighted by Gasteiger charge is -2.31. The van der Waals surface area contributed by atoms with E-state index in [4.69, 9.17) is 5.84 Å². The van der Waals surface area contributed by atoms with Crippen molar-refractivity contribution in [1.82, 2.24) is 10.3 Å². The molecule has 0 bridgehead atoms. The van der Waals surface area contributed by atoms with Gasteiger partial charge in [-0.25, -0.2) is 5.84 Å². The van der Waals surface area contributed by atoms with E-state index in [0.29, 0.717) is 6.04 Å². The normalized spacial score (nSPS) is 20.6. The maximum Gasteiger partial charge on any atom is 0.238 e. The van der Waals surface area contributed by atoms with Crippen LogP contribution in [0.25, 0.3) is 0 Å². The summed E-state index contributed by atoms with van der Waals surface area (Å²) >= 11 is 0. The summed E-state index contributed by atoms with van der Waals surface area (Å²) in [5, 5.41) is 0. The van der Waals surface area contributed by atoms with Gasteiger partial charge in [0.25, 0.3) is 0 Å².